The van der Waals surface area contributed by atoms with E-state index >= 15 is 0 Å². The Kier molecular flexibility index (Phi) is 11.0. The second-order valence-electron chi connectivity index (χ2n) is 8.91. The van der Waals surface area contributed by atoms with Gasteiger partial charge in [0.25, 0.3) is 0 Å². The molecule has 6 nitrogen and oxygen atoms in total. The van der Waals surface area contributed by atoms with Crippen LogP contribution in [-0.4, -0.2) is 69.9 Å². The number of aliphatic imine (C=N–C) groups is 1. The Morgan fingerprint density at radius 2 is 1.84 bits per heavy atom. The highest BCUT2D eigenvalue weighted by atomic mass is 127. The minimum absolute atomic E-state index is 0. The van der Waals surface area contributed by atoms with E-state index < -0.39 is 0 Å². The molecule has 2 aliphatic rings. The van der Waals surface area contributed by atoms with Crippen LogP contribution in [0.5, 0.6) is 0 Å². The van der Waals surface area contributed by atoms with Crippen LogP contribution in [0.25, 0.3) is 0 Å². The lowest BCUT2D eigenvalue weighted by Crippen LogP contribution is -2.52. The van der Waals surface area contributed by atoms with Crippen molar-refractivity contribution in [3.8, 4) is 0 Å². The van der Waals surface area contributed by atoms with Crippen LogP contribution in [0.3, 0.4) is 0 Å². The molecular weight excluding hydrogens is 503 g/mol. The molecule has 0 bridgehead atoms. The number of ether oxygens (including phenoxy) is 2. The molecule has 2 atom stereocenters. The van der Waals surface area contributed by atoms with Crippen LogP contribution in [0.15, 0.2) is 29.3 Å². The van der Waals surface area contributed by atoms with Crippen molar-refractivity contribution < 1.29 is 9.47 Å². The fourth-order valence-corrected chi connectivity index (χ4v) is 4.47. The molecular formula is C24H41IN4O2. The molecule has 2 unspecified atom stereocenters. The molecule has 1 aromatic rings. The van der Waals surface area contributed by atoms with Crippen LogP contribution in [0.2, 0.25) is 0 Å². The summed E-state index contributed by atoms with van der Waals surface area (Å²) in [6, 6.07) is 8.78. The van der Waals surface area contributed by atoms with Gasteiger partial charge in [0.1, 0.15) is 0 Å². The minimum Gasteiger partial charge on any atom is -0.381 e. The highest BCUT2D eigenvalue weighted by molar-refractivity contribution is 14.0. The van der Waals surface area contributed by atoms with Crippen molar-refractivity contribution in [3.63, 3.8) is 0 Å². The zero-order valence-corrected chi connectivity index (χ0v) is 22.0. The van der Waals surface area contributed by atoms with E-state index in [1.165, 1.54) is 17.5 Å². The van der Waals surface area contributed by atoms with E-state index in [1.54, 1.807) is 0 Å². The summed E-state index contributed by atoms with van der Waals surface area (Å²) in [4.78, 5) is 7.31. The smallest absolute Gasteiger partial charge is 0.191 e. The van der Waals surface area contributed by atoms with E-state index in [0.29, 0.717) is 5.92 Å². The molecule has 0 spiro atoms. The molecule has 2 N–H and O–H groups in total. The van der Waals surface area contributed by atoms with Crippen LogP contribution < -0.4 is 10.6 Å². The Hall–Kier alpha value is -0.900. The number of rotatable bonds is 7. The first kappa shape index (κ1) is 26.4. The van der Waals surface area contributed by atoms with Crippen molar-refractivity contribution in [2.45, 2.75) is 51.2 Å². The van der Waals surface area contributed by atoms with Crippen LogP contribution in [0.4, 0.5) is 0 Å². The van der Waals surface area contributed by atoms with Crippen molar-refractivity contribution in [1.82, 2.24) is 15.5 Å². The topological polar surface area (TPSA) is 58.1 Å². The lowest BCUT2D eigenvalue weighted by Gasteiger charge is -2.41. The maximum atomic E-state index is 6.19. The zero-order chi connectivity index (χ0) is 21.4. The van der Waals surface area contributed by atoms with Crippen molar-refractivity contribution >= 4 is 29.9 Å². The third-order valence-corrected chi connectivity index (χ3v) is 6.63. The quantitative estimate of drug-likeness (QED) is 0.311. The van der Waals surface area contributed by atoms with Gasteiger partial charge in [-0.05, 0) is 59.2 Å². The molecule has 0 aromatic heterocycles. The first-order valence-electron chi connectivity index (χ1n) is 11.5. The van der Waals surface area contributed by atoms with Crippen molar-refractivity contribution in [1.29, 1.82) is 0 Å². The van der Waals surface area contributed by atoms with Crippen LogP contribution in [0, 0.1) is 12.8 Å². The van der Waals surface area contributed by atoms with Gasteiger partial charge in [-0.3, -0.25) is 4.99 Å². The number of halogens is 1. The predicted octanol–water partition coefficient (Wildman–Crippen LogP) is 3.75. The summed E-state index contributed by atoms with van der Waals surface area (Å²) < 4.78 is 11.8. The van der Waals surface area contributed by atoms with Gasteiger partial charge in [-0.25, -0.2) is 0 Å². The normalized spacial score (nSPS) is 23.8. The first-order valence-corrected chi connectivity index (χ1v) is 11.5. The van der Waals surface area contributed by atoms with E-state index in [2.05, 4.69) is 67.7 Å². The van der Waals surface area contributed by atoms with E-state index in [1.807, 2.05) is 0 Å². The van der Waals surface area contributed by atoms with E-state index in [9.17, 15) is 0 Å². The summed E-state index contributed by atoms with van der Waals surface area (Å²) in [5.74, 6) is 1.34. The molecule has 2 fully saturated rings. The van der Waals surface area contributed by atoms with Crippen LogP contribution in [0.1, 0.15) is 49.8 Å². The largest absolute Gasteiger partial charge is 0.381 e. The Bertz CT molecular complexity index is 675. The Labute approximate surface area is 205 Å². The number of guanidine groups is 1. The first-order chi connectivity index (χ1) is 14.5. The lowest BCUT2D eigenvalue weighted by molar-refractivity contribution is -0.0265. The molecule has 3 rings (SSSR count). The molecule has 0 aliphatic carbocycles. The van der Waals surface area contributed by atoms with Gasteiger partial charge in [0.05, 0.1) is 12.6 Å². The minimum atomic E-state index is 0. The third-order valence-electron chi connectivity index (χ3n) is 6.63. The highest BCUT2D eigenvalue weighted by Crippen LogP contribution is 2.33. The predicted molar refractivity (Wildman–Crippen MR) is 138 cm³/mol. The number of likely N-dealkylation sites (N-methyl/N-ethyl adjacent to an activating group) is 1. The van der Waals surface area contributed by atoms with Gasteiger partial charge in [0, 0.05) is 44.4 Å². The number of hydrogen-bond acceptors (Lipinski definition) is 4. The summed E-state index contributed by atoms with van der Waals surface area (Å²) >= 11 is 0. The zero-order valence-electron chi connectivity index (χ0n) is 19.7. The van der Waals surface area contributed by atoms with Crippen LogP contribution >= 0.6 is 24.0 Å². The van der Waals surface area contributed by atoms with Gasteiger partial charge in [-0.1, -0.05) is 29.8 Å². The maximum absolute atomic E-state index is 6.19. The SMILES string of the molecule is CCNC(=NCC1(N(C)C)CCOCC1)NCC1CCCOC1c1ccc(C)cc1.I. The fourth-order valence-electron chi connectivity index (χ4n) is 4.47. The highest BCUT2D eigenvalue weighted by Gasteiger charge is 2.35. The molecule has 0 amide bonds. The summed E-state index contributed by atoms with van der Waals surface area (Å²) in [5.41, 5.74) is 2.65. The molecule has 1 aromatic carbocycles. The lowest BCUT2D eigenvalue weighted by atomic mass is 9.88. The molecule has 2 heterocycles. The van der Waals surface area contributed by atoms with Gasteiger partial charge in [0.2, 0.25) is 0 Å². The number of nitrogens with zero attached hydrogens (tertiary/aromatic N) is 2. The average Bonchev–Trinajstić information content (AvgIpc) is 2.77. The van der Waals surface area contributed by atoms with E-state index in [4.69, 9.17) is 14.5 Å². The van der Waals surface area contributed by atoms with Gasteiger partial charge in [-0.2, -0.15) is 0 Å². The van der Waals surface area contributed by atoms with Gasteiger partial charge in [-0.15, -0.1) is 24.0 Å². The van der Waals surface area contributed by atoms with Crippen molar-refractivity contribution in [2.75, 3.05) is 53.6 Å². The van der Waals surface area contributed by atoms with E-state index in [-0.39, 0.29) is 35.6 Å². The van der Waals surface area contributed by atoms with Crippen LogP contribution in [-0.2, 0) is 9.47 Å². The Morgan fingerprint density at radius 3 is 2.48 bits per heavy atom. The number of aryl methyl sites for hydroxylation is 1. The maximum Gasteiger partial charge on any atom is 0.191 e. The summed E-state index contributed by atoms with van der Waals surface area (Å²) in [7, 11) is 4.32. The number of hydrogen-bond donors (Lipinski definition) is 2. The summed E-state index contributed by atoms with van der Waals surface area (Å²) in [6.45, 7) is 9.21. The van der Waals surface area contributed by atoms with Crippen molar-refractivity contribution in [3.05, 3.63) is 35.4 Å². The van der Waals surface area contributed by atoms with Gasteiger partial charge in [0.15, 0.2) is 5.96 Å². The molecule has 7 heteroatoms. The second kappa shape index (κ2) is 13.0. The molecule has 0 saturated carbocycles. The molecule has 2 aliphatic heterocycles. The third kappa shape index (κ3) is 7.30. The van der Waals surface area contributed by atoms with E-state index in [0.717, 1.165) is 64.7 Å². The summed E-state index contributed by atoms with van der Waals surface area (Å²) in [6.07, 6.45) is 4.48. The molecule has 2 saturated heterocycles. The number of nitrogens with one attached hydrogen (secondary N) is 2. The monoisotopic (exact) mass is 544 g/mol. The molecule has 31 heavy (non-hydrogen) atoms. The standard InChI is InChI=1S/C24H40N4O2.HI/c1-5-25-23(27-18-24(28(3)4)12-15-29-16-13-24)26-17-21-7-6-14-30-22(21)20-10-8-19(2)9-11-20;/h8-11,21-22H,5-7,12-18H2,1-4H3,(H2,25,26,27);1H. The Balaban J connectivity index is 0.00000341. The van der Waals surface area contributed by atoms with Crippen molar-refractivity contribution in [2.24, 2.45) is 10.9 Å². The summed E-state index contributed by atoms with van der Waals surface area (Å²) in [5, 5.41) is 7.03. The van der Waals surface area contributed by atoms with Gasteiger partial charge < -0.3 is 25.0 Å². The number of benzene rings is 1. The average molecular weight is 545 g/mol. The molecule has 176 valence electrons. The molecule has 0 radical (unpaired) electrons. The second-order valence-corrected chi connectivity index (χ2v) is 8.91. The Morgan fingerprint density at radius 1 is 1.13 bits per heavy atom. The van der Waals surface area contributed by atoms with Gasteiger partial charge >= 0.3 is 0 Å². The fraction of sp³-hybridized carbons (Fsp3) is 0.708.